The fraction of sp³-hybridized carbons (Fsp3) is 0.143. The predicted molar refractivity (Wildman–Crippen MR) is 80.5 cm³/mol. The molecule has 0 aliphatic rings. The molecule has 1 heterocycles. The van der Waals surface area contributed by atoms with Gasteiger partial charge in [-0.2, -0.15) is 0 Å². The van der Waals surface area contributed by atoms with Crippen LogP contribution in [0.15, 0.2) is 47.2 Å². The predicted octanol–water partition coefficient (Wildman–Crippen LogP) is 3.53. The number of rotatable bonds is 4. The van der Waals surface area contributed by atoms with Crippen LogP contribution < -0.4 is 10.6 Å². The number of benzene rings is 1. The lowest BCUT2D eigenvalue weighted by Gasteiger charge is -2.10. The molecule has 0 spiro atoms. The first-order valence-electron chi connectivity index (χ1n) is 5.95. The topological polar surface area (TPSA) is 54.0 Å². The van der Waals surface area contributed by atoms with Crippen molar-refractivity contribution in [1.82, 2.24) is 4.98 Å². The van der Waals surface area contributed by atoms with E-state index in [1.165, 1.54) is 0 Å². The Morgan fingerprint density at radius 3 is 2.95 bits per heavy atom. The minimum absolute atomic E-state index is 0.179. The van der Waals surface area contributed by atoms with Gasteiger partial charge in [0.1, 0.15) is 0 Å². The Morgan fingerprint density at radius 1 is 1.37 bits per heavy atom. The van der Waals surface area contributed by atoms with Gasteiger partial charge in [-0.05, 0) is 31.2 Å². The molecule has 0 aliphatic carbocycles. The van der Waals surface area contributed by atoms with Gasteiger partial charge in [-0.15, -0.1) is 0 Å². The van der Waals surface area contributed by atoms with Crippen LogP contribution >= 0.6 is 15.9 Å². The van der Waals surface area contributed by atoms with Crippen molar-refractivity contribution >= 4 is 33.2 Å². The normalized spacial score (nSPS) is 10.0. The largest absolute Gasteiger partial charge is 0.385 e. The third-order valence-electron chi connectivity index (χ3n) is 2.52. The number of halogens is 1. The standard InChI is InChI=1S/C14H14BrN3O/c1-2-17-13-6-7-16-9-12(13)14(19)18-11-5-3-4-10(15)8-11/h3-9H,2H2,1H3,(H,16,17)(H,18,19). The maximum atomic E-state index is 12.2. The van der Waals surface area contributed by atoms with E-state index in [-0.39, 0.29) is 5.91 Å². The molecular formula is C14H14BrN3O. The monoisotopic (exact) mass is 319 g/mol. The number of amides is 1. The summed E-state index contributed by atoms with van der Waals surface area (Å²) in [5.74, 6) is -0.179. The minimum Gasteiger partial charge on any atom is -0.385 e. The maximum Gasteiger partial charge on any atom is 0.259 e. The number of anilines is 2. The molecule has 0 saturated heterocycles. The average Bonchev–Trinajstić information content (AvgIpc) is 2.39. The average molecular weight is 320 g/mol. The molecule has 0 unspecified atom stereocenters. The zero-order valence-electron chi connectivity index (χ0n) is 10.5. The van der Waals surface area contributed by atoms with Crippen molar-refractivity contribution < 1.29 is 4.79 Å². The first kappa shape index (κ1) is 13.5. The minimum atomic E-state index is -0.179. The number of hydrogen-bond acceptors (Lipinski definition) is 3. The summed E-state index contributed by atoms with van der Waals surface area (Å²) in [6, 6.07) is 9.25. The summed E-state index contributed by atoms with van der Waals surface area (Å²) in [5, 5.41) is 5.99. The molecule has 0 saturated carbocycles. The van der Waals surface area contributed by atoms with Gasteiger partial charge in [0.05, 0.1) is 11.3 Å². The van der Waals surface area contributed by atoms with Gasteiger partial charge in [-0.1, -0.05) is 22.0 Å². The fourth-order valence-corrected chi connectivity index (χ4v) is 2.08. The van der Waals surface area contributed by atoms with E-state index >= 15 is 0 Å². The lowest BCUT2D eigenvalue weighted by atomic mass is 10.2. The molecule has 5 heteroatoms. The summed E-state index contributed by atoms with van der Waals surface area (Å²) >= 11 is 3.37. The van der Waals surface area contributed by atoms with Gasteiger partial charge in [0.25, 0.3) is 5.91 Å². The zero-order chi connectivity index (χ0) is 13.7. The second-order valence-corrected chi connectivity index (χ2v) is 4.83. The molecule has 0 fully saturated rings. The number of carbonyl (C=O) groups is 1. The molecule has 0 bridgehead atoms. The van der Waals surface area contributed by atoms with Crippen LogP contribution in [-0.4, -0.2) is 17.4 Å². The molecule has 4 nitrogen and oxygen atoms in total. The summed E-state index contributed by atoms with van der Waals surface area (Å²) in [7, 11) is 0. The van der Waals surface area contributed by atoms with Gasteiger partial charge < -0.3 is 10.6 Å². The van der Waals surface area contributed by atoms with Crippen molar-refractivity contribution in [2.45, 2.75) is 6.92 Å². The highest BCUT2D eigenvalue weighted by atomic mass is 79.9. The Morgan fingerprint density at radius 2 is 2.21 bits per heavy atom. The van der Waals surface area contributed by atoms with Gasteiger partial charge in [0.2, 0.25) is 0 Å². The van der Waals surface area contributed by atoms with E-state index in [4.69, 9.17) is 0 Å². The first-order chi connectivity index (χ1) is 9.20. The van der Waals surface area contributed by atoms with E-state index in [0.717, 1.165) is 22.4 Å². The lowest BCUT2D eigenvalue weighted by molar-refractivity contribution is 0.102. The fourth-order valence-electron chi connectivity index (χ4n) is 1.68. The van der Waals surface area contributed by atoms with Crippen LogP contribution in [0.3, 0.4) is 0 Å². The molecule has 19 heavy (non-hydrogen) atoms. The van der Waals surface area contributed by atoms with Gasteiger partial charge >= 0.3 is 0 Å². The Hall–Kier alpha value is -1.88. The molecule has 2 rings (SSSR count). The molecule has 1 aromatic heterocycles. The van der Waals surface area contributed by atoms with Crippen LogP contribution in [0.4, 0.5) is 11.4 Å². The number of aromatic nitrogens is 1. The first-order valence-corrected chi connectivity index (χ1v) is 6.75. The Bertz CT molecular complexity index is 586. The van der Waals surface area contributed by atoms with Crippen LogP contribution in [0.1, 0.15) is 17.3 Å². The number of pyridine rings is 1. The van der Waals surface area contributed by atoms with Crippen molar-refractivity contribution in [2.24, 2.45) is 0 Å². The SMILES string of the molecule is CCNc1ccncc1C(=O)Nc1cccc(Br)c1. The van der Waals surface area contributed by atoms with Crippen LogP contribution in [0.25, 0.3) is 0 Å². The van der Waals surface area contributed by atoms with Crippen molar-refractivity contribution in [3.05, 3.63) is 52.8 Å². The molecule has 1 amide bonds. The van der Waals surface area contributed by atoms with Gasteiger partial charge in [-0.25, -0.2) is 0 Å². The summed E-state index contributed by atoms with van der Waals surface area (Å²) in [6.07, 6.45) is 3.22. The van der Waals surface area contributed by atoms with Gasteiger partial charge in [-0.3, -0.25) is 9.78 Å². The molecule has 0 aliphatic heterocycles. The number of carbonyl (C=O) groups excluding carboxylic acids is 1. The van der Waals surface area contributed by atoms with E-state index in [1.807, 2.05) is 31.2 Å². The lowest BCUT2D eigenvalue weighted by Crippen LogP contribution is -2.15. The highest BCUT2D eigenvalue weighted by molar-refractivity contribution is 9.10. The third kappa shape index (κ3) is 3.54. The molecular weight excluding hydrogens is 306 g/mol. The number of nitrogens with zero attached hydrogens (tertiary/aromatic N) is 1. The summed E-state index contributed by atoms with van der Waals surface area (Å²) in [5.41, 5.74) is 2.06. The summed E-state index contributed by atoms with van der Waals surface area (Å²) in [4.78, 5) is 16.2. The maximum absolute atomic E-state index is 12.2. The number of nitrogens with one attached hydrogen (secondary N) is 2. The molecule has 0 atom stereocenters. The van der Waals surface area contributed by atoms with E-state index in [2.05, 4.69) is 31.5 Å². The Labute approximate surface area is 120 Å². The van der Waals surface area contributed by atoms with Crippen LogP contribution in [-0.2, 0) is 0 Å². The van der Waals surface area contributed by atoms with Crippen LogP contribution in [0.5, 0.6) is 0 Å². The molecule has 0 radical (unpaired) electrons. The van der Waals surface area contributed by atoms with Gasteiger partial charge in [0, 0.05) is 29.1 Å². The molecule has 2 aromatic rings. The van der Waals surface area contributed by atoms with Crippen molar-refractivity contribution in [3.63, 3.8) is 0 Å². The van der Waals surface area contributed by atoms with E-state index in [1.54, 1.807) is 18.5 Å². The van der Waals surface area contributed by atoms with E-state index < -0.39 is 0 Å². The third-order valence-corrected chi connectivity index (χ3v) is 3.01. The number of hydrogen-bond donors (Lipinski definition) is 2. The summed E-state index contributed by atoms with van der Waals surface area (Å²) in [6.45, 7) is 2.73. The van der Waals surface area contributed by atoms with Crippen LogP contribution in [0, 0.1) is 0 Å². The van der Waals surface area contributed by atoms with Crippen LogP contribution in [0.2, 0.25) is 0 Å². The highest BCUT2D eigenvalue weighted by Gasteiger charge is 2.11. The van der Waals surface area contributed by atoms with Gasteiger partial charge in [0.15, 0.2) is 0 Å². The molecule has 98 valence electrons. The quantitative estimate of drug-likeness (QED) is 0.906. The Kier molecular flexibility index (Phi) is 4.52. The van der Waals surface area contributed by atoms with Crippen molar-refractivity contribution in [2.75, 3.05) is 17.2 Å². The molecule has 1 aromatic carbocycles. The second kappa shape index (κ2) is 6.33. The van der Waals surface area contributed by atoms with Crippen molar-refractivity contribution in [3.8, 4) is 0 Å². The molecule has 2 N–H and O–H groups in total. The summed E-state index contributed by atoms with van der Waals surface area (Å²) < 4.78 is 0.920. The Balaban J connectivity index is 2.20. The highest BCUT2D eigenvalue weighted by Crippen LogP contribution is 2.19. The van der Waals surface area contributed by atoms with E-state index in [9.17, 15) is 4.79 Å². The second-order valence-electron chi connectivity index (χ2n) is 3.92. The smallest absolute Gasteiger partial charge is 0.259 e. The van der Waals surface area contributed by atoms with Crippen molar-refractivity contribution in [1.29, 1.82) is 0 Å². The van der Waals surface area contributed by atoms with E-state index in [0.29, 0.717) is 5.56 Å². The zero-order valence-corrected chi connectivity index (χ0v) is 12.1.